The summed E-state index contributed by atoms with van der Waals surface area (Å²) in [7, 11) is 0. The maximum atomic E-state index is 13.7. The van der Waals surface area contributed by atoms with Crippen LogP contribution in [0.25, 0.3) is 6.08 Å². The number of aromatic nitrogens is 1. The number of thiazole rings is 1. The number of aryl methyl sites for hydroxylation is 1. The molecule has 10 heteroatoms. The molecule has 0 fully saturated rings. The molecule has 5 rings (SSSR count). The molecule has 3 aromatic carbocycles. The van der Waals surface area contributed by atoms with E-state index in [1.165, 1.54) is 17.1 Å². The topological polar surface area (TPSA) is 115 Å². The van der Waals surface area contributed by atoms with Crippen molar-refractivity contribution in [2.24, 2.45) is 0 Å². The van der Waals surface area contributed by atoms with Gasteiger partial charge in [-0.3, -0.25) is 14.5 Å². The lowest BCUT2D eigenvalue weighted by atomic mass is 9.95. The molecule has 0 aliphatic carbocycles. The highest BCUT2D eigenvalue weighted by atomic mass is 32.1. The zero-order valence-corrected chi connectivity index (χ0v) is 26.2. The second-order valence-electron chi connectivity index (χ2n) is 10.2. The van der Waals surface area contributed by atoms with Crippen LogP contribution in [0.2, 0.25) is 0 Å². The highest BCUT2D eigenvalue weighted by molar-refractivity contribution is 7.17. The van der Waals surface area contributed by atoms with Crippen molar-refractivity contribution in [2.75, 3.05) is 18.1 Å². The zero-order valence-electron chi connectivity index (χ0n) is 25.3. The van der Waals surface area contributed by atoms with Gasteiger partial charge in [-0.25, -0.2) is 9.78 Å². The largest absolute Gasteiger partial charge is 0.503 e. The monoisotopic (exact) mass is 636 g/mol. The number of allylic oxidation sites excluding steroid dienone is 1. The summed E-state index contributed by atoms with van der Waals surface area (Å²) in [5, 5.41) is 11.3. The first kappa shape index (κ1) is 31.9. The predicted molar refractivity (Wildman–Crippen MR) is 176 cm³/mol. The Kier molecular flexibility index (Phi) is 10.1. The van der Waals surface area contributed by atoms with Crippen molar-refractivity contribution in [1.29, 1.82) is 0 Å². The van der Waals surface area contributed by atoms with Gasteiger partial charge < -0.3 is 19.3 Å². The van der Waals surface area contributed by atoms with Gasteiger partial charge in [0, 0.05) is 0 Å². The fraction of sp³-hybridized carbons (Fsp3) is 0.167. The molecule has 0 radical (unpaired) electrons. The minimum absolute atomic E-state index is 0.00438. The standard InChI is InChI=1S/C36H32N2O7S/c1-4-20-44-35(42)33-23(3)37-36(46-33)38-31(30(32(40)34(38)41)27(39)18-16-24-12-8-6-9-13-24)26-17-19-28(29(21-26)43-5-2)45-22-25-14-10-7-11-15-25/h4,6-19,21,31,40H,1,5,20,22H2,2-3H3/b18-16+. The Morgan fingerprint density at radius 3 is 2.43 bits per heavy atom. The number of benzene rings is 3. The second kappa shape index (κ2) is 14.5. The molecule has 1 amide bonds. The maximum Gasteiger partial charge on any atom is 0.350 e. The van der Waals surface area contributed by atoms with E-state index < -0.39 is 29.5 Å². The Morgan fingerprint density at radius 2 is 1.74 bits per heavy atom. The van der Waals surface area contributed by atoms with Crippen molar-refractivity contribution in [3.05, 3.63) is 136 Å². The Balaban J connectivity index is 1.57. The molecule has 1 aliphatic heterocycles. The van der Waals surface area contributed by atoms with Crippen molar-refractivity contribution in [3.8, 4) is 11.5 Å². The van der Waals surface area contributed by atoms with Gasteiger partial charge >= 0.3 is 5.97 Å². The molecule has 4 aromatic rings. The quantitative estimate of drug-likeness (QED) is 0.0952. The number of ether oxygens (including phenoxy) is 3. The first-order valence-electron chi connectivity index (χ1n) is 14.5. The Hall–Kier alpha value is -5.48. The number of aliphatic hydroxyl groups excluding tert-OH is 1. The first-order valence-corrected chi connectivity index (χ1v) is 15.4. The first-order chi connectivity index (χ1) is 22.3. The predicted octanol–water partition coefficient (Wildman–Crippen LogP) is 6.95. The molecule has 0 spiro atoms. The van der Waals surface area contributed by atoms with E-state index in [0.29, 0.717) is 36.0 Å². The fourth-order valence-electron chi connectivity index (χ4n) is 4.89. The van der Waals surface area contributed by atoms with Gasteiger partial charge in [0.15, 0.2) is 28.2 Å². The van der Waals surface area contributed by atoms with E-state index in [9.17, 15) is 19.5 Å². The summed E-state index contributed by atoms with van der Waals surface area (Å²) in [6, 6.07) is 22.9. The van der Waals surface area contributed by atoms with E-state index in [1.54, 1.807) is 31.2 Å². The van der Waals surface area contributed by atoms with Crippen LogP contribution < -0.4 is 14.4 Å². The van der Waals surface area contributed by atoms with Crippen molar-refractivity contribution < 1.29 is 33.7 Å². The molecule has 1 atom stereocenters. The van der Waals surface area contributed by atoms with Crippen LogP contribution in [0, 0.1) is 6.92 Å². The molecule has 2 heterocycles. The normalized spacial score (nSPS) is 14.5. The number of carbonyl (C=O) groups excluding carboxylic acids is 3. The average molecular weight is 637 g/mol. The number of rotatable bonds is 13. The van der Waals surface area contributed by atoms with Crippen LogP contribution >= 0.6 is 11.3 Å². The lowest BCUT2D eigenvalue weighted by Gasteiger charge is -2.25. The molecule has 46 heavy (non-hydrogen) atoms. The zero-order chi connectivity index (χ0) is 32.6. The van der Waals surface area contributed by atoms with Gasteiger partial charge in [-0.2, -0.15) is 0 Å². The molecule has 0 bridgehead atoms. The highest BCUT2D eigenvalue weighted by Crippen LogP contribution is 2.45. The van der Waals surface area contributed by atoms with E-state index in [0.717, 1.165) is 22.5 Å². The number of anilines is 1. The Bertz CT molecular complexity index is 1810. The van der Waals surface area contributed by atoms with Gasteiger partial charge in [0.25, 0.3) is 5.91 Å². The van der Waals surface area contributed by atoms with Crippen LogP contribution in [-0.2, 0) is 20.9 Å². The van der Waals surface area contributed by atoms with Gasteiger partial charge in [0.2, 0.25) is 0 Å². The third-order valence-electron chi connectivity index (χ3n) is 7.03. The van der Waals surface area contributed by atoms with Crippen molar-refractivity contribution in [3.63, 3.8) is 0 Å². The van der Waals surface area contributed by atoms with E-state index >= 15 is 0 Å². The van der Waals surface area contributed by atoms with Crippen molar-refractivity contribution in [1.82, 2.24) is 4.98 Å². The average Bonchev–Trinajstić information content (AvgIpc) is 3.58. The molecule has 1 unspecified atom stereocenters. The fourth-order valence-corrected chi connectivity index (χ4v) is 5.88. The minimum atomic E-state index is -1.09. The van der Waals surface area contributed by atoms with Gasteiger partial charge in [0.05, 0.1) is 23.9 Å². The summed E-state index contributed by atoms with van der Waals surface area (Å²) in [5.74, 6) is -1.87. The van der Waals surface area contributed by atoms with Crippen LogP contribution in [0.15, 0.2) is 109 Å². The van der Waals surface area contributed by atoms with E-state index in [1.807, 2.05) is 67.6 Å². The summed E-state index contributed by atoms with van der Waals surface area (Å²) in [6.07, 6.45) is 4.37. The summed E-state index contributed by atoms with van der Waals surface area (Å²) >= 11 is 0.929. The van der Waals surface area contributed by atoms with Crippen LogP contribution in [-0.4, -0.2) is 41.0 Å². The van der Waals surface area contributed by atoms with Gasteiger partial charge in [0.1, 0.15) is 18.1 Å². The summed E-state index contributed by atoms with van der Waals surface area (Å²) < 4.78 is 17.2. The lowest BCUT2D eigenvalue weighted by Crippen LogP contribution is -2.31. The third-order valence-corrected chi connectivity index (χ3v) is 8.17. The third kappa shape index (κ3) is 6.92. The SMILES string of the molecule is C=CCOC(=O)c1sc(N2C(=O)C(O)=C(C(=O)/C=C/c3ccccc3)C2c2ccc(OCc3ccccc3)c(OCC)c2)nc1C. The molecule has 1 aromatic heterocycles. The van der Waals surface area contributed by atoms with E-state index in [4.69, 9.17) is 14.2 Å². The van der Waals surface area contributed by atoms with Gasteiger partial charge in [-0.1, -0.05) is 96.8 Å². The minimum Gasteiger partial charge on any atom is -0.503 e. The molecular formula is C36H32N2O7S. The lowest BCUT2D eigenvalue weighted by molar-refractivity contribution is -0.117. The molecule has 234 valence electrons. The second-order valence-corrected chi connectivity index (χ2v) is 11.1. The van der Waals surface area contributed by atoms with E-state index in [-0.39, 0.29) is 22.2 Å². The van der Waals surface area contributed by atoms with Crippen LogP contribution in [0.1, 0.15) is 45.0 Å². The number of carbonyl (C=O) groups is 3. The number of hydrogen-bond acceptors (Lipinski definition) is 9. The molecule has 0 saturated carbocycles. The number of amides is 1. The molecular weight excluding hydrogens is 604 g/mol. The maximum absolute atomic E-state index is 13.7. The number of ketones is 1. The molecule has 1 aliphatic rings. The van der Waals surface area contributed by atoms with Crippen LogP contribution in [0.4, 0.5) is 5.13 Å². The highest BCUT2D eigenvalue weighted by Gasteiger charge is 2.45. The van der Waals surface area contributed by atoms with Gasteiger partial charge in [-0.15, -0.1) is 0 Å². The van der Waals surface area contributed by atoms with Crippen LogP contribution in [0.3, 0.4) is 0 Å². The summed E-state index contributed by atoms with van der Waals surface area (Å²) in [4.78, 5) is 46.0. The molecule has 0 saturated heterocycles. The molecule has 1 N–H and O–H groups in total. The number of esters is 1. The summed E-state index contributed by atoms with van der Waals surface area (Å²) in [6.45, 7) is 7.64. The van der Waals surface area contributed by atoms with Crippen LogP contribution in [0.5, 0.6) is 11.5 Å². The van der Waals surface area contributed by atoms with Crippen molar-refractivity contribution in [2.45, 2.75) is 26.5 Å². The van der Waals surface area contributed by atoms with Gasteiger partial charge in [-0.05, 0) is 48.7 Å². The van der Waals surface area contributed by atoms with Crippen molar-refractivity contribution >= 4 is 40.2 Å². The Labute approximate surface area is 270 Å². The number of aliphatic hydroxyl groups is 1. The Morgan fingerprint density at radius 1 is 1.02 bits per heavy atom. The molecule has 9 nitrogen and oxygen atoms in total. The smallest absolute Gasteiger partial charge is 0.350 e. The summed E-state index contributed by atoms with van der Waals surface area (Å²) in [5.41, 5.74) is 2.40. The van der Waals surface area contributed by atoms with E-state index in [2.05, 4.69) is 11.6 Å². The number of hydrogen-bond donors (Lipinski definition) is 1. The number of nitrogens with zero attached hydrogens (tertiary/aromatic N) is 2.